The third-order valence-electron chi connectivity index (χ3n) is 2.34. The van der Waals surface area contributed by atoms with E-state index in [2.05, 4.69) is 26.6 Å². The standard InChI is InChI=1S/C12H9BrN2O5/c13-7-1-2-9(20-5-10(16)17)6(3-7)4-8-11(18)15-12(19)14-8/h1-4H,5H2,(H,16,17)(H2,14,15,18,19)/b8-4-. The average molecular weight is 341 g/mol. The number of amides is 3. The summed E-state index contributed by atoms with van der Waals surface area (Å²) in [5.41, 5.74) is 0.529. The summed E-state index contributed by atoms with van der Waals surface area (Å²) < 4.78 is 5.84. The number of carboxylic acids is 1. The van der Waals surface area contributed by atoms with Gasteiger partial charge < -0.3 is 15.2 Å². The van der Waals surface area contributed by atoms with E-state index in [0.717, 1.165) is 4.47 Å². The second-order valence-electron chi connectivity index (χ2n) is 3.83. The van der Waals surface area contributed by atoms with Crippen LogP contribution in [0.4, 0.5) is 4.79 Å². The summed E-state index contributed by atoms with van der Waals surface area (Å²) in [5, 5.41) is 13.0. The van der Waals surface area contributed by atoms with Crippen molar-refractivity contribution >= 4 is 39.9 Å². The van der Waals surface area contributed by atoms with Gasteiger partial charge in [-0.2, -0.15) is 0 Å². The molecule has 3 amide bonds. The van der Waals surface area contributed by atoms with Crippen molar-refractivity contribution in [1.29, 1.82) is 0 Å². The van der Waals surface area contributed by atoms with Crippen LogP contribution in [0.2, 0.25) is 0 Å². The van der Waals surface area contributed by atoms with Crippen LogP contribution in [0.3, 0.4) is 0 Å². The van der Waals surface area contributed by atoms with Gasteiger partial charge in [-0.1, -0.05) is 15.9 Å². The lowest BCUT2D eigenvalue weighted by Gasteiger charge is -2.08. The molecule has 0 radical (unpaired) electrons. The highest BCUT2D eigenvalue weighted by atomic mass is 79.9. The molecule has 20 heavy (non-hydrogen) atoms. The fraction of sp³-hybridized carbons (Fsp3) is 0.0833. The molecule has 0 aliphatic carbocycles. The molecule has 1 heterocycles. The number of urea groups is 1. The van der Waals surface area contributed by atoms with Gasteiger partial charge in [0.1, 0.15) is 11.4 Å². The van der Waals surface area contributed by atoms with E-state index in [-0.39, 0.29) is 11.4 Å². The van der Waals surface area contributed by atoms with Gasteiger partial charge in [-0.3, -0.25) is 10.1 Å². The number of hydrogen-bond donors (Lipinski definition) is 3. The Morgan fingerprint density at radius 3 is 2.70 bits per heavy atom. The van der Waals surface area contributed by atoms with Crippen molar-refractivity contribution in [2.24, 2.45) is 0 Å². The number of ether oxygens (including phenoxy) is 1. The largest absolute Gasteiger partial charge is 0.481 e. The fourth-order valence-corrected chi connectivity index (χ4v) is 1.92. The van der Waals surface area contributed by atoms with Gasteiger partial charge in [0, 0.05) is 10.0 Å². The van der Waals surface area contributed by atoms with E-state index >= 15 is 0 Å². The smallest absolute Gasteiger partial charge is 0.341 e. The second kappa shape index (κ2) is 5.74. The van der Waals surface area contributed by atoms with Crippen molar-refractivity contribution in [1.82, 2.24) is 10.6 Å². The number of nitrogens with one attached hydrogen (secondary N) is 2. The highest BCUT2D eigenvalue weighted by molar-refractivity contribution is 9.10. The Kier molecular flexibility index (Phi) is 4.04. The first-order valence-electron chi connectivity index (χ1n) is 5.44. The number of benzene rings is 1. The topological polar surface area (TPSA) is 105 Å². The zero-order valence-electron chi connectivity index (χ0n) is 9.97. The SMILES string of the molecule is O=C(O)COc1ccc(Br)cc1/C=C1\NC(=O)NC1=O. The molecule has 2 rings (SSSR count). The summed E-state index contributed by atoms with van der Waals surface area (Å²) in [6.45, 7) is -0.504. The van der Waals surface area contributed by atoms with E-state index in [4.69, 9.17) is 9.84 Å². The van der Waals surface area contributed by atoms with Gasteiger partial charge in [0.25, 0.3) is 5.91 Å². The predicted octanol–water partition coefficient (Wildman–Crippen LogP) is 1.09. The van der Waals surface area contributed by atoms with Gasteiger partial charge in [-0.25, -0.2) is 9.59 Å². The highest BCUT2D eigenvalue weighted by Crippen LogP contribution is 2.25. The van der Waals surface area contributed by atoms with Crippen LogP contribution in [0.25, 0.3) is 6.08 Å². The number of aliphatic carboxylic acids is 1. The minimum absolute atomic E-state index is 0.0632. The van der Waals surface area contributed by atoms with Crippen LogP contribution in [0.5, 0.6) is 5.75 Å². The van der Waals surface area contributed by atoms with Crippen molar-refractivity contribution in [3.05, 3.63) is 33.9 Å². The molecule has 104 valence electrons. The van der Waals surface area contributed by atoms with Crippen LogP contribution in [0.1, 0.15) is 5.56 Å². The molecule has 0 unspecified atom stereocenters. The maximum Gasteiger partial charge on any atom is 0.341 e. The molecule has 0 saturated carbocycles. The van der Waals surface area contributed by atoms with Gasteiger partial charge in [0.2, 0.25) is 0 Å². The van der Waals surface area contributed by atoms with E-state index in [0.29, 0.717) is 5.56 Å². The van der Waals surface area contributed by atoms with Crippen molar-refractivity contribution in [2.75, 3.05) is 6.61 Å². The van der Waals surface area contributed by atoms with Crippen molar-refractivity contribution in [3.63, 3.8) is 0 Å². The molecule has 1 aromatic rings. The van der Waals surface area contributed by atoms with E-state index < -0.39 is 24.5 Å². The fourth-order valence-electron chi connectivity index (χ4n) is 1.54. The molecule has 0 bridgehead atoms. The van der Waals surface area contributed by atoms with Crippen LogP contribution >= 0.6 is 15.9 Å². The normalized spacial score (nSPS) is 15.9. The molecule has 7 nitrogen and oxygen atoms in total. The molecule has 1 fully saturated rings. The number of hydrogen-bond acceptors (Lipinski definition) is 4. The lowest BCUT2D eigenvalue weighted by molar-refractivity contribution is -0.139. The Hall–Kier alpha value is -2.35. The van der Waals surface area contributed by atoms with Crippen LogP contribution in [0, 0.1) is 0 Å². The molecule has 0 atom stereocenters. The van der Waals surface area contributed by atoms with Crippen molar-refractivity contribution < 1.29 is 24.2 Å². The molecule has 1 saturated heterocycles. The van der Waals surface area contributed by atoms with Crippen molar-refractivity contribution in [2.45, 2.75) is 0 Å². The van der Waals surface area contributed by atoms with Gasteiger partial charge in [0.15, 0.2) is 6.61 Å². The molecule has 1 aliphatic heterocycles. The van der Waals surface area contributed by atoms with Crippen molar-refractivity contribution in [3.8, 4) is 5.75 Å². The third-order valence-corrected chi connectivity index (χ3v) is 2.84. The number of carboxylic acid groups (broad SMARTS) is 1. The lowest BCUT2D eigenvalue weighted by Crippen LogP contribution is -2.22. The summed E-state index contributed by atoms with van der Waals surface area (Å²) in [6, 6.07) is 4.27. The Balaban J connectivity index is 2.32. The number of halogens is 1. The maximum absolute atomic E-state index is 11.4. The summed E-state index contributed by atoms with van der Waals surface area (Å²) in [7, 11) is 0. The van der Waals surface area contributed by atoms with E-state index in [1.54, 1.807) is 18.2 Å². The first kappa shape index (κ1) is 14.1. The van der Waals surface area contributed by atoms with E-state index in [1.165, 1.54) is 6.08 Å². The number of carbonyl (C=O) groups excluding carboxylic acids is 2. The summed E-state index contributed by atoms with van der Waals surface area (Å²) >= 11 is 3.26. The molecule has 1 aliphatic rings. The number of rotatable bonds is 4. The first-order valence-corrected chi connectivity index (χ1v) is 6.23. The van der Waals surface area contributed by atoms with Gasteiger partial charge in [-0.05, 0) is 24.3 Å². The van der Waals surface area contributed by atoms with E-state index in [1.807, 2.05) is 0 Å². The van der Waals surface area contributed by atoms with Crippen LogP contribution in [-0.2, 0) is 9.59 Å². The molecular formula is C12H9BrN2O5. The molecule has 0 aromatic heterocycles. The average Bonchev–Trinajstić information content (AvgIpc) is 2.66. The maximum atomic E-state index is 11.4. The molecule has 0 spiro atoms. The number of carbonyl (C=O) groups is 3. The Morgan fingerprint density at radius 2 is 2.10 bits per heavy atom. The second-order valence-corrected chi connectivity index (χ2v) is 4.75. The quantitative estimate of drug-likeness (QED) is 0.562. The third kappa shape index (κ3) is 3.35. The van der Waals surface area contributed by atoms with Gasteiger partial charge in [-0.15, -0.1) is 0 Å². The summed E-state index contributed by atoms with van der Waals surface area (Å²) in [5.74, 6) is -1.38. The van der Waals surface area contributed by atoms with Crippen LogP contribution in [-0.4, -0.2) is 29.6 Å². The highest BCUT2D eigenvalue weighted by Gasteiger charge is 2.23. The van der Waals surface area contributed by atoms with Gasteiger partial charge >= 0.3 is 12.0 Å². The molecular weight excluding hydrogens is 332 g/mol. The van der Waals surface area contributed by atoms with Crippen LogP contribution in [0.15, 0.2) is 28.4 Å². The minimum atomic E-state index is -1.11. The zero-order valence-corrected chi connectivity index (χ0v) is 11.6. The Morgan fingerprint density at radius 1 is 1.35 bits per heavy atom. The Labute approximate surface area is 121 Å². The van der Waals surface area contributed by atoms with E-state index in [9.17, 15) is 14.4 Å². The predicted molar refractivity (Wildman–Crippen MR) is 71.9 cm³/mol. The Bertz CT molecular complexity index is 626. The van der Waals surface area contributed by atoms with Crippen LogP contribution < -0.4 is 15.4 Å². The molecule has 3 N–H and O–H groups in total. The minimum Gasteiger partial charge on any atom is -0.481 e. The lowest BCUT2D eigenvalue weighted by atomic mass is 10.1. The number of imide groups is 1. The molecule has 8 heteroatoms. The first-order chi connectivity index (χ1) is 9.45. The summed E-state index contributed by atoms with van der Waals surface area (Å²) in [4.78, 5) is 33.0. The van der Waals surface area contributed by atoms with Gasteiger partial charge in [0.05, 0.1) is 0 Å². The summed E-state index contributed by atoms with van der Waals surface area (Å²) in [6.07, 6.45) is 1.40. The zero-order chi connectivity index (χ0) is 14.7. The molecule has 1 aromatic carbocycles. The monoisotopic (exact) mass is 340 g/mol.